The topological polar surface area (TPSA) is 63.8 Å². The van der Waals surface area contributed by atoms with Crippen LogP contribution in [0.4, 0.5) is 11.6 Å². The van der Waals surface area contributed by atoms with Gasteiger partial charge in [0.1, 0.15) is 17.5 Å². The van der Waals surface area contributed by atoms with E-state index in [0.29, 0.717) is 5.82 Å². The predicted molar refractivity (Wildman–Crippen MR) is 61.8 cm³/mol. The van der Waals surface area contributed by atoms with Crippen LogP contribution in [-0.4, -0.2) is 15.5 Å². The molecule has 1 heterocycles. The lowest BCUT2D eigenvalue weighted by atomic mass is 10.2. The predicted octanol–water partition coefficient (Wildman–Crippen LogP) is 1.89. The molecule has 0 aliphatic heterocycles. The molecule has 1 aliphatic rings. The van der Waals surface area contributed by atoms with Crippen LogP contribution < -0.4 is 11.1 Å². The van der Waals surface area contributed by atoms with Crippen molar-refractivity contribution in [2.75, 3.05) is 11.1 Å². The Kier molecular flexibility index (Phi) is 2.29. The molecule has 0 bridgehead atoms. The maximum Gasteiger partial charge on any atom is 0.135 e. The molecule has 15 heavy (non-hydrogen) atoms. The fraction of sp³-hybridized carbons (Fsp3) is 0.636. The van der Waals surface area contributed by atoms with E-state index < -0.39 is 0 Å². The lowest BCUT2D eigenvalue weighted by molar-refractivity contribution is 0.809. The Morgan fingerprint density at radius 1 is 1.40 bits per heavy atom. The van der Waals surface area contributed by atoms with Crippen molar-refractivity contribution in [1.29, 1.82) is 0 Å². The number of nitrogens with two attached hydrogens (primary N) is 1. The Morgan fingerprint density at radius 3 is 2.60 bits per heavy atom. The van der Waals surface area contributed by atoms with Crippen molar-refractivity contribution >= 4 is 11.6 Å². The molecule has 0 unspecified atom stereocenters. The van der Waals surface area contributed by atoms with Crippen molar-refractivity contribution in [3.05, 3.63) is 11.4 Å². The van der Waals surface area contributed by atoms with Gasteiger partial charge < -0.3 is 11.1 Å². The molecule has 1 aromatic rings. The van der Waals surface area contributed by atoms with Gasteiger partial charge in [-0.2, -0.15) is 0 Å². The van der Waals surface area contributed by atoms with E-state index in [1.165, 1.54) is 12.8 Å². The summed E-state index contributed by atoms with van der Waals surface area (Å²) in [5.74, 6) is 2.30. The maximum atomic E-state index is 5.85. The van der Waals surface area contributed by atoms with Gasteiger partial charge in [0.2, 0.25) is 0 Å². The monoisotopic (exact) mass is 206 g/mol. The van der Waals surface area contributed by atoms with Crippen molar-refractivity contribution in [3.8, 4) is 0 Å². The maximum absolute atomic E-state index is 5.85. The Morgan fingerprint density at radius 2 is 2.07 bits per heavy atom. The molecule has 0 amide bonds. The van der Waals surface area contributed by atoms with E-state index in [1.54, 1.807) is 0 Å². The number of aromatic nitrogens is 2. The van der Waals surface area contributed by atoms with Crippen molar-refractivity contribution in [2.24, 2.45) is 0 Å². The first kappa shape index (κ1) is 10.2. The standard InChI is InChI=1S/C11H18N4/c1-4-8-13-9(12)7(2)10(14-8)15-11(3)5-6-11/h4-6H2,1-3H3,(H3,12,13,14,15). The van der Waals surface area contributed by atoms with Crippen LogP contribution >= 0.6 is 0 Å². The second-order valence-corrected chi connectivity index (χ2v) is 4.54. The van der Waals surface area contributed by atoms with E-state index in [2.05, 4.69) is 22.2 Å². The molecule has 82 valence electrons. The summed E-state index contributed by atoms with van der Waals surface area (Å²) in [4.78, 5) is 8.70. The summed E-state index contributed by atoms with van der Waals surface area (Å²) in [6, 6.07) is 0. The van der Waals surface area contributed by atoms with E-state index in [1.807, 2.05) is 13.8 Å². The van der Waals surface area contributed by atoms with Gasteiger partial charge in [-0.15, -0.1) is 0 Å². The lowest BCUT2D eigenvalue weighted by Crippen LogP contribution is -2.19. The number of hydrogen-bond donors (Lipinski definition) is 2. The number of anilines is 2. The molecule has 0 saturated heterocycles. The fourth-order valence-electron chi connectivity index (χ4n) is 1.46. The molecule has 1 saturated carbocycles. The number of nitrogens with one attached hydrogen (secondary N) is 1. The first-order valence-corrected chi connectivity index (χ1v) is 5.45. The molecule has 4 nitrogen and oxygen atoms in total. The second-order valence-electron chi connectivity index (χ2n) is 4.54. The highest BCUT2D eigenvalue weighted by Gasteiger charge is 2.37. The van der Waals surface area contributed by atoms with Gasteiger partial charge in [-0.25, -0.2) is 9.97 Å². The SMILES string of the molecule is CCc1nc(N)c(C)c(NC2(C)CC2)n1. The van der Waals surface area contributed by atoms with Gasteiger partial charge >= 0.3 is 0 Å². The summed E-state index contributed by atoms with van der Waals surface area (Å²) in [5.41, 5.74) is 7.04. The number of aryl methyl sites for hydroxylation is 1. The van der Waals surface area contributed by atoms with Gasteiger partial charge in [-0.3, -0.25) is 0 Å². The minimum Gasteiger partial charge on any atom is -0.383 e. The summed E-state index contributed by atoms with van der Waals surface area (Å²) >= 11 is 0. The number of nitrogen functional groups attached to an aromatic ring is 1. The third kappa shape index (κ3) is 2.03. The largest absolute Gasteiger partial charge is 0.383 e. The molecule has 3 N–H and O–H groups in total. The van der Waals surface area contributed by atoms with E-state index >= 15 is 0 Å². The Labute approximate surface area is 90.3 Å². The quantitative estimate of drug-likeness (QED) is 0.792. The van der Waals surface area contributed by atoms with Gasteiger partial charge in [0.25, 0.3) is 0 Å². The molecule has 0 atom stereocenters. The Balaban J connectivity index is 2.31. The molecular weight excluding hydrogens is 188 g/mol. The van der Waals surface area contributed by atoms with Crippen molar-refractivity contribution in [3.63, 3.8) is 0 Å². The molecule has 0 aromatic carbocycles. The zero-order valence-electron chi connectivity index (χ0n) is 9.59. The molecule has 2 rings (SSSR count). The van der Waals surface area contributed by atoms with Crippen molar-refractivity contribution in [1.82, 2.24) is 9.97 Å². The molecule has 1 aliphatic carbocycles. The summed E-state index contributed by atoms with van der Waals surface area (Å²) in [6.07, 6.45) is 3.23. The van der Waals surface area contributed by atoms with E-state index in [0.717, 1.165) is 23.6 Å². The third-order valence-electron chi connectivity index (χ3n) is 2.97. The van der Waals surface area contributed by atoms with E-state index in [9.17, 15) is 0 Å². The molecule has 0 spiro atoms. The van der Waals surface area contributed by atoms with Gasteiger partial charge in [0.15, 0.2) is 0 Å². The highest BCUT2D eigenvalue weighted by Crippen LogP contribution is 2.38. The molecule has 0 radical (unpaired) electrons. The van der Waals surface area contributed by atoms with Crippen LogP contribution in [0.15, 0.2) is 0 Å². The van der Waals surface area contributed by atoms with Gasteiger partial charge in [-0.05, 0) is 26.7 Å². The number of rotatable bonds is 3. The van der Waals surface area contributed by atoms with E-state index in [4.69, 9.17) is 5.73 Å². The van der Waals surface area contributed by atoms with Crippen LogP contribution in [0.3, 0.4) is 0 Å². The highest BCUT2D eigenvalue weighted by molar-refractivity contribution is 5.56. The lowest BCUT2D eigenvalue weighted by Gasteiger charge is -2.16. The summed E-state index contributed by atoms with van der Waals surface area (Å²) in [7, 11) is 0. The summed E-state index contributed by atoms with van der Waals surface area (Å²) in [5, 5.41) is 3.44. The Bertz CT molecular complexity index is 382. The van der Waals surface area contributed by atoms with Crippen molar-refractivity contribution in [2.45, 2.75) is 45.6 Å². The average Bonchev–Trinajstić information content (AvgIpc) is 2.91. The minimum atomic E-state index is 0.233. The van der Waals surface area contributed by atoms with Crippen LogP contribution in [0.2, 0.25) is 0 Å². The highest BCUT2D eigenvalue weighted by atomic mass is 15.1. The smallest absolute Gasteiger partial charge is 0.135 e. The molecule has 4 heteroatoms. The Hall–Kier alpha value is -1.32. The van der Waals surface area contributed by atoms with Gasteiger partial charge in [0, 0.05) is 17.5 Å². The van der Waals surface area contributed by atoms with Crippen LogP contribution in [0.25, 0.3) is 0 Å². The van der Waals surface area contributed by atoms with E-state index in [-0.39, 0.29) is 5.54 Å². The second kappa shape index (κ2) is 3.36. The van der Waals surface area contributed by atoms with Crippen LogP contribution in [0.1, 0.15) is 38.1 Å². The molecule has 1 aromatic heterocycles. The summed E-state index contributed by atoms with van der Waals surface area (Å²) in [6.45, 7) is 6.20. The fourth-order valence-corrected chi connectivity index (χ4v) is 1.46. The zero-order chi connectivity index (χ0) is 11.1. The van der Waals surface area contributed by atoms with Gasteiger partial charge in [-0.1, -0.05) is 6.92 Å². The molecule has 1 fully saturated rings. The van der Waals surface area contributed by atoms with Crippen LogP contribution in [-0.2, 0) is 6.42 Å². The third-order valence-corrected chi connectivity index (χ3v) is 2.97. The average molecular weight is 206 g/mol. The number of nitrogens with zero attached hydrogens (tertiary/aromatic N) is 2. The first-order valence-electron chi connectivity index (χ1n) is 5.45. The van der Waals surface area contributed by atoms with Gasteiger partial charge in [0.05, 0.1) is 0 Å². The van der Waals surface area contributed by atoms with Crippen LogP contribution in [0.5, 0.6) is 0 Å². The molecular formula is C11H18N4. The first-order chi connectivity index (χ1) is 7.04. The van der Waals surface area contributed by atoms with Crippen molar-refractivity contribution < 1.29 is 0 Å². The summed E-state index contributed by atoms with van der Waals surface area (Å²) < 4.78 is 0. The number of hydrogen-bond acceptors (Lipinski definition) is 4. The zero-order valence-corrected chi connectivity index (χ0v) is 9.59. The normalized spacial score (nSPS) is 17.5. The minimum absolute atomic E-state index is 0.233. The van der Waals surface area contributed by atoms with Crippen LogP contribution in [0, 0.1) is 6.92 Å².